The summed E-state index contributed by atoms with van der Waals surface area (Å²) in [6.45, 7) is 0.195. The first kappa shape index (κ1) is 20.6. The number of carboxylic acid groups (broad SMARTS) is 1. The summed E-state index contributed by atoms with van der Waals surface area (Å²) in [6, 6.07) is 3.58. The molecule has 0 spiro atoms. The summed E-state index contributed by atoms with van der Waals surface area (Å²) >= 11 is 1.41. The summed E-state index contributed by atoms with van der Waals surface area (Å²) in [5, 5.41) is 21.2. The Morgan fingerprint density at radius 3 is 2.87 bits per heavy atom. The number of hydrogen-bond donors (Lipinski definition) is 5. The second-order valence-corrected chi connectivity index (χ2v) is 8.11. The summed E-state index contributed by atoms with van der Waals surface area (Å²) in [5.74, 6) is -2.28. The number of aliphatic carboxylic acids is 1. The number of anilines is 1. The minimum Gasteiger partial charge on any atom is -0.503 e. The number of nitrogens with two attached hydrogens (primary N) is 1. The number of carboxylic acids is 1. The number of hydrogen-bond acceptors (Lipinski definition) is 7. The van der Waals surface area contributed by atoms with Gasteiger partial charge in [-0.15, -0.1) is 11.8 Å². The molecule has 0 radical (unpaired) electrons. The fraction of sp³-hybridized carbons (Fsp3) is 0.211. The van der Waals surface area contributed by atoms with Crippen LogP contribution in [-0.4, -0.2) is 55.0 Å². The first-order valence-electron chi connectivity index (χ1n) is 9.14. The third kappa shape index (κ3) is 3.78. The van der Waals surface area contributed by atoms with Gasteiger partial charge in [0.1, 0.15) is 28.5 Å². The zero-order valence-electron chi connectivity index (χ0n) is 15.9. The second-order valence-electron chi connectivity index (χ2n) is 7.01. The van der Waals surface area contributed by atoms with E-state index < -0.39 is 35.0 Å². The number of aromatic hydroxyl groups is 1. The molecule has 12 heteroatoms. The molecular weight excluding hydrogens is 426 g/mol. The van der Waals surface area contributed by atoms with Crippen LogP contribution < -0.4 is 21.0 Å². The Labute approximate surface area is 179 Å². The number of carbonyl (C=O) groups excluding carboxylic acids is 2. The molecule has 2 aromatic rings. The highest BCUT2D eigenvalue weighted by Crippen LogP contribution is 2.39. The van der Waals surface area contributed by atoms with Gasteiger partial charge in [-0.2, -0.15) is 4.57 Å². The molecule has 31 heavy (non-hydrogen) atoms. The summed E-state index contributed by atoms with van der Waals surface area (Å²) in [6.07, 6.45) is 4.33. The quantitative estimate of drug-likeness (QED) is 0.295. The van der Waals surface area contributed by atoms with E-state index in [1.54, 1.807) is 29.1 Å². The van der Waals surface area contributed by atoms with E-state index in [9.17, 15) is 29.4 Å². The summed E-state index contributed by atoms with van der Waals surface area (Å²) in [5.41, 5.74) is 5.94. The fourth-order valence-corrected chi connectivity index (χ4v) is 4.69. The van der Waals surface area contributed by atoms with Crippen LogP contribution in [0.5, 0.6) is 5.75 Å². The first-order chi connectivity index (χ1) is 14.8. The van der Waals surface area contributed by atoms with Gasteiger partial charge in [0.05, 0.1) is 0 Å². The minimum absolute atomic E-state index is 0.0311. The number of nitrogens with one attached hydrogen (secondary N) is 2. The standard InChI is InChI=1S/C19H17N5O6S/c20-14-17(28)24-15(19(29)30)9(8-31-18(14)24)6-23-3-1-2-10(7-23)22-16(27)11-4-12(25)13(26)5-21-11/h1-5,7,14,18H,6,8,20H2,(H3-,21,22,25,26,27,29,30)/p+1/t14-,18+/m1/s1. The van der Waals surface area contributed by atoms with E-state index >= 15 is 0 Å². The van der Waals surface area contributed by atoms with E-state index in [2.05, 4.69) is 10.3 Å². The number of carbonyl (C=O) groups is 3. The fourth-order valence-electron chi connectivity index (χ4n) is 3.41. The van der Waals surface area contributed by atoms with Gasteiger partial charge in [0.25, 0.3) is 5.91 Å². The molecule has 4 rings (SSSR count). The average Bonchev–Trinajstić information content (AvgIpc) is 2.74. The van der Waals surface area contributed by atoms with Crippen molar-refractivity contribution >= 4 is 35.2 Å². The molecule has 1 fully saturated rings. The van der Waals surface area contributed by atoms with Gasteiger partial charge in [-0.1, -0.05) is 0 Å². The van der Waals surface area contributed by atoms with Crippen LogP contribution in [0.3, 0.4) is 0 Å². The predicted octanol–water partition coefficient (Wildman–Crippen LogP) is -0.799. The van der Waals surface area contributed by atoms with Crippen molar-refractivity contribution < 1.29 is 29.2 Å². The number of aromatic amines is 1. The molecule has 2 amide bonds. The SMILES string of the molecule is N[C@@H]1C(=O)N2C(C(=O)O)=C(C[n+]3cccc(NC(=O)c4cc(=O)c(O)c[nH]4)c3)CS[C@@H]12. The van der Waals surface area contributed by atoms with E-state index in [1.807, 2.05) is 0 Å². The highest BCUT2D eigenvalue weighted by Gasteiger charge is 2.52. The lowest BCUT2D eigenvalue weighted by molar-refractivity contribution is -0.688. The normalized spacial score (nSPS) is 20.2. The molecule has 0 aliphatic carbocycles. The van der Waals surface area contributed by atoms with E-state index in [-0.39, 0.29) is 23.3 Å². The second kappa shape index (κ2) is 7.89. The topological polar surface area (TPSA) is 170 Å². The largest absolute Gasteiger partial charge is 0.503 e. The van der Waals surface area contributed by atoms with Crippen LogP contribution >= 0.6 is 11.8 Å². The number of fused-ring (bicyclic) bond motifs is 1. The lowest BCUT2D eigenvalue weighted by Gasteiger charge is -2.47. The zero-order valence-corrected chi connectivity index (χ0v) is 16.8. The number of aromatic nitrogens is 2. The van der Waals surface area contributed by atoms with Gasteiger partial charge in [-0.05, 0) is 6.07 Å². The summed E-state index contributed by atoms with van der Waals surface area (Å²) in [4.78, 5) is 51.5. The van der Waals surface area contributed by atoms with E-state index in [1.165, 1.54) is 16.7 Å². The number of H-pyrrole nitrogens is 1. The van der Waals surface area contributed by atoms with Crippen LogP contribution in [0, 0.1) is 0 Å². The van der Waals surface area contributed by atoms with Crippen LogP contribution in [0.2, 0.25) is 0 Å². The molecule has 2 aliphatic rings. The molecule has 2 aliphatic heterocycles. The smallest absolute Gasteiger partial charge is 0.352 e. The molecule has 2 aromatic heterocycles. The average molecular weight is 444 g/mol. The molecule has 160 valence electrons. The van der Waals surface area contributed by atoms with Gasteiger partial charge >= 0.3 is 5.97 Å². The lowest BCUT2D eigenvalue weighted by Crippen LogP contribution is -2.68. The maximum Gasteiger partial charge on any atom is 0.352 e. The maximum atomic E-state index is 12.4. The molecule has 0 unspecified atom stereocenters. The molecule has 6 N–H and O–H groups in total. The van der Waals surface area contributed by atoms with Crippen molar-refractivity contribution in [1.29, 1.82) is 0 Å². The highest BCUT2D eigenvalue weighted by molar-refractivity contribution is 8.00. The van der Waals surface area contributed by atoms with Crippen molar-refractivity contribution in [2.24, 2.45) is 5.73 Å². The summed E-state index contributed by atoms with van der Waals surface area (Å²) < 4.78 is 1.68. The molecule has 0 aromatic carbocycles. The predicted molar refractivity (Wildman–Crippen MR) is 109 cm³/mol. The van der Waals surface area contributed by atoms with Crippen molar-refractivity contribution in [3.05, 3.63) is 64.0 Å². The van der Waals surface area contributed by atoms with Crippen molar-refractivity contribution in [1.82, 2.24) is 9.88 Å². The van der Waals surface area contributed by atoms with Gasteiger partial charge < -0.3 is 26.2 Å². The van der Waals surface area contributed by atoms with Crippen LogP contribution in [-0.2, 0) is 16.1 Å². The van der Waals surface area contributed by atoms with Crippen LogP contribution in [0.15, 0.2) is 52.9 Å². The molecule has 11 nitrogen and oxygen atoms in total. The monoisotopic (exact) mass is 444 g/mol. The Bertz CT molecular complexity index is 1190. The van der Waals surface area contributed by atoms with Gasteiger partial charge in [0, 0.05) is 29.7 Å². The molecule has 4 heterocycles. The number of rotatable bonds is 5. The lowest BCUT2D eigenvalue weighted by atomic mass is 10.0. The van der Waals surface area contributed by atoms with Gasteiger partial charge in [-0.25, -0.2) is 4.79 Å². The van der Waals surface area contributed by atoms with Crippen molar-refractivity contribution in [3.63, 3.8) is 0 Å². The van der Waals surface area contributed by atoms with Gasteiger partial charge in [0.15, 0.2) is 24.7 Å². The van der Waals surface area contributed by atoms with Crippen molar-refractivity contribution in [2.75, 3.05) is 11.1 Å². The number of pyridine rings is 2. The number of nitrogens with zero attached hydrogens (tertiary/aromatic N) is 2. The Morgan fingerprint density at radius 1 is 1.39 bits per heavy atom. The van der Waals surface area contributed by atoms with E-state index in [0.29, 0.717) is 17.0 Å². The van der Waals surface area contributed by atoms with Crippen molar-refractivity contribution in [3.8, 4) is 5.75 Å². The third-order valence-corrected chi connectivity index (χ3v) is 6.28. The molecule has 2 atom stereocenters. The molecular formula is C19H18N5O6S+. The Morgan fingerprint density at radius 2 is 2.16 bits per heavy atom. The maximum absolute atomic E-state index is 12.4. The first-order valence-corrected chi connectivity index (χ1v) is 10.2. The Hall–Kier alpha value is -3.64. The van der Waals surface area contributed by atoms with Crippen LogP contribution in [0.25, 0.3) is 0 Å². The number of thioether (sulfide) groups is 1. The molecule has 0 bridgehead atoms. The van der Waals surface area contributed by atoms with Crippen molar-refractivity contribution in [2.45, 2.75) is 18.0 Å². The number of β-lactam (4-membered cyclic amide) rings is 1. The summed E-state index contributed by atoms with van der Waals surface area (Å²) in [7, 11) is 0. The van der Waals surface area contributed by atoms with Gasteiger partial charge in [0.2, 0.25) is 11.3 Å². The van der Waals surface area contributed by atoms with Gasteiger partial charge in [-0.3, -0.25) is 19.3 Å². The highest BCUT2D eigenvalue weighted by atomic mass is 32.2. The van der Waals surface area contributed by atoms with E-state index in [4.69, 9.17) is 5.73 Å². The number of amides is 2. The van der Waals surface area contributed by atoms with E-state index in [0.717, 1.165) is 12.3 Å². The molecule has 1 saturated heterocycles. The van der Waals surface area contributed by atoms with Crippen LogP contribution in [0.4, 0.5) is 5.69 Å². The molecule has 0 saturated carbocycles. The Kier molecular flexibility index (Phi) is 5.25. The van der Waals surface area contributed by atoms with Crippen LogP contribution in [0.1, 0.15) is 10.5 Å². The minimum atomic E-state index is -1.19. The Balaban J connectivity index is 1.55. The third-order valence-electron chi connectivity index (χ3n) is 4.92. The zero-order chi connectivity index (χ0) is 22.3.